The molecule has 0 radical (unpaired) electrons. The Morgan fingerprint density at radius 3 is 2.30 bits per heavy atom. The number of amides is 2. The molecule has 5 nitrogen and oxygen atoms in total. The summed E-state index contributed by atoms with van der Waals surface area (Å²) in [6.45, 7) is 6.02. The van der Waals surface area contributed by atoms with Crippen LogP contribution in [0.15, 0.2) is 53.6 Å². The van der Waals surface area contributed by atoms with Crippen molar-refractivity contribution in [3.8, 4) is 0 Å². The van der Waals surface area contributed by atoms with Crippen molar-refractivity contribution >= 4 is 23.2 Å². The highest BCUT2D eigenvalue weighted by Crippen LogP contribution is 2.16. The molecule has 2 aromatic carbocycles. The number of anilines is 1. The van der Waals surface area contributed by atoms with E-state index in [1.54, 1.807) is 0 Å². The number of aryl methyl sites for hydroxylation is 2. The molecule has 2 N–H and O–H groups in total. The molecule has 0 bridgehead atoms. The van der Waals surface area contributed by atoms with E-state index in [9.17, 15) is 9.59 Å². The van der Waals surface area contributed by atoms with Crippen LogP contribution in [-0.4, -0.2) is 17.5 Å². The van der Waals surface area contributed by atoms with Gasteiger partial charge in [0.05, 0.1) is 5.71 Å². The fraction of sp³-hybridized carbons (Fsp3) is 0.318. The summed E-state index contributed by atoms with van der Waals surface area (Å²) in [7, 11) is 0. The Morgan fingerprint density at radius 1 is 0.926 bits per heavy atom. The van der Waals surface area contributed by atoms with Crippen molar-refractivity contribution < 1.29 is 9.59 Å². The smallest absolute Gasteiger partial charge is 0.240 e. The van der Waals surface area contributed by atoms with Crippen molar-refractivity contribution in [2.45, 2.75) is 46.5 Å². The molecule has 0 heterocycles. The molecule has 2 amide bonds. The number of hydrogen-bond acceptors (Lipinski definition) is 3. The van der Waals surface area contributed by atoms with Crippen molar-refractivity contribution in [1.29, 1.82) is 0 Å². The van der Waals surface area contributed by atoms with Gasteiger partial charge in [-0.3, -0.25) is 9.59 Å². The van der Waals surface area contributed by atoms with Gasteiger partial charge in [0.25, 0.3) is 0 Å². The Bertz CT molecular complexity index is 814. The second-order valence-electron chi connectivity index (χ2n) is 6.58. The van der Waals surface area contributed by atoms with Gasteiger partial charge < -0.3 is 5.32 Å². The lowest BCUT2D eigenvalue weighted by Crippen LogP contribution is -2.22. The van der Waals surface area contributed by atoms with E-state index in [4.69, 9.17) is 0 Å². The predicted molar refractivity (Wildman–Crippen MR) is 110 cm³/mol. The molecular weight excluding hydrogens is 338 g/mol. The molecule has 2 aromatic rings. The molecule has 0 aliphatic heterocycles. The minimum absolute atomic E-state index is 0.0917. The van der Waals surface area contributed by atoms with Crippen LogP contribution in [-0.2, 0) is 9.59 Å². The van der Waals surface area contributed by atoms with Crippen LogP contribution in [0.5, 0.6) is 0 Å². The standard InChI is InChI=1S/C22H27N3O2/c1-4-8-20(18-9-6-5-7-10-18)24-25-22(27)14-13-21(26)23-19-12-11-16(2)15-17(19)3/h5-7,9-12,15H,4,8,13-14H2,1-3H3,(H,23,26)(H,25,27)/b24-20-. The van der Waals surface area contributed by atoms with Crippen molar-refractivity contribution in [1.82, 2.24) is 5.43 Å². The van der Waals surface area contributed by atoms with E-state index in [0.29, 0.717) is 0 Å². The van der Waals surface area contributed by atoms with Crippen molar-refractivity contribution in [2.24, 2.45) is 5.10 Å². The zero-order valence-electron chi connectivity index (χ0n) is 16.2. The molecule has 0 aromatic heterocycles. The molecule has 0 fully saturated rings. The van der Waals surface area contributed by atoms with E-state index in [0.717, 1.165) is 40.9 Å². The van der Waals surface area contributed by atoms with Gasteiger partial charge in [-0.1, -0.05) is 61.4 Å². The Morgan fingerprint density at radius 2 is 1.63 bits per heavy atom. The lowest BCUT2D eigenvalue weighted by atomic mass is 10.1. The second-order valence-corrected chi connectivity index (χ2v) is 6.58. The van der Waals surface area contributed by atoms with Crippen molar-refractivity contribution in [3.63, 3.8) is 0 Å². The highest BCUT2D eigenvalue weighted by atomic mass is 16.2. The lowest BCUT2D eigenvalue weighted by Gasteiger charge is -2.09. The fourth-order valence-electron chi connectivity index (χ4n) is 2.71. The number of nitrogens with one attached hydrogen (secondary N) is 2. The Balaban J connectivity index is 1.86. The van der Waals surface area contributed by atoms with Crippen LogP contribution in [0.2, 0.25) is 0 Å². The molecule has 0 atom stereocenters. The maximum Gasteiger partial charge on any atom is 0.240 e. The maximum atomic E-state index is 12.1. The minimum Gasteiger partial charge on any atom is -0.326 e. The first kappa shape index (κ1) is 20.4. The maximum absolute atomic E-state index is 12.1. The van der Waals surface area contributed by atoms with Crippen LogP contribution < -0.4 is 10.7 Å². The van der Waals surface area contributed by atoms with E-state index in [1.165, 1.54) is 0 Å². The van der Waals surface area contributed by atoms with Gasteiger partial charge in [-0.15, -0.1) is 0 Å². The zero-order chi connectivity index (χ0) is 19.6. The monoisotopic (exact) mass is 365 g/mol. The van der Waals surface area contributed by atoms with Crippen LogP contribution in [0, 0.1) is 13.8 Å². The van der Waals surface area contributed by atoms with Gasteiger partial charge in [-0.2, -0.15) is 5.10 Å². The number of carbonyl (C=O) groups excluding carboxylic acids is 2. The van der Waals surface area contributed by atoms with Gasteiger partial charge >= 0.3 is 0 Å². The molecule has 5 heteroatoms. The first-order valence-corrected chi connectivity index (χ1v) is 9.27. The summed E-state index contributed by atoms with van der Waals surface area (Å²) in [5, 5.41) is 7.10. The summed E-state index contributed by atoms with van der Waals surface area (Å²) in [5.74, 6) is -0.451. The van der Waals surface area contributed by atoms with Gasteiger partial charge in [0.1, 0.15) is 0 Å². The van der Waals surface area contributed by atoms with E-state index in [2.05, 4.69) is 22.8 Å². The topological polar surface area (TPSA) is 70.6 Å². The average Bonchev–Trinajstić information content (AvgIpc) is 2.66. The molecule has 27 heavy (non-hydrogen) atoms. The molecule has 2 rings (SSSR count). The number of benzene rings is 2. The van der Waals surface area contributed by atoms with E-state index < -0.39 is 0 Å². The summed E-state index contributed by atoms with van der Waals surface area (Å²) in [5.41, 5.74) is 7.33. The fourth-order valence-corrected chi connectivity index (χ4v) is 2.71. The van der Waals surface area contributed by atoms with E-state index in [-0.39, 0.29) is 24.7 Å². The molecule has 0 aliphatic rings. The van der Waals surface area contributed by atoms with Crippen LogP contribution in [0.4, 0.5) is 5.69 Å². The molecular formula is C22H27N3O2. The third kappa shape index (κ3) is 6.70. The third-order valence-electron chi connectivity index (χ3n) is 4.14. The van der Waals surface area contributed by atoms with Gasteiger partial charge in [0.15, 0.2) is 0 Å². The Kier molecular flexibility index (Phi) is 7.74. The molecule has 142 valence electrons. The first-order chi connectivity index (χ1) is 13.0. The number of carbonyl (C=O) groups is 2. The summed E-state index contributed by atoms with van der Waals surface area (Å²) < 4.78 is 0. The minimum atomic E-state index is -0.268. The second kappa shape index (κ2) is 10.3. The van der Waals surface area contributed by atoms with Crippen LogP contribution in [0.3, 0.4) is 0 Å². The molecule has 0 saturated heterocycles. The molecule has 0 aliphatic carbocycles. The Labute approximate surface area is 160 Å². The van der Waals surface area contributed by atoms with Crippen molar-refractivity contribution in [2.75, 3.05) is 5.32 Å². The normalized spacial score (nSPS) is 11.1. The van der Waals surface area contributed by atoms with Crippen LogP contribution in [0.25, 0.3) is 0 Å². The van der Waals surface area contributed by atoms with Crippen LogP contribution >= 0.6 is 0 Å². The quantitative estimate of drug-likeness (QED) is 0.539. The number of hydrazone groups is 1. The van der Waals surface area contributed by atoms with Gasteiger partial charge in [0, 0.05) is 18.5 Å². The summed E-state index contributed by atoms with van der Waals surface area (Å²) in [6, 6.07) is 15.6. The van der Waals surface area contributed by atoms with Gasteiger partial charge in [0.2, 0.25) is 11.8 Å². The number of rotatable bonds is 8. The zero-order valence-corrected chi connectivity index (χ0v) is 16.2. The number of hydrogen-bond donors (Lipinski definition) is 2. The third-order valence-corrected chi connectivity index (χ3v) is 4.14. The number of nitrogens with zero attached hydrogens (tertiary/aromatic N) is 1. The average molecular weight is 365 g/mol. The summed E-state index contributed by atoms with van der Waals surface area (Å²) in [4.78, 5) is 24.1. The van der Waals surface area contributed by atoms with Gasteiger partial charge in [-0.25, -0.2) is 5.43 Å². The van der Waals surface area contributed by atoms with Crippen molar-refractivity contribution in [3.05, 3.63) is 65.2 Å². The summed E-state index contributed by atoms with van der Waals surface area (Å²) >= 11 is 0. The van der Waals surface area contributed by atoms with E-state index >= 15 is 0 Å². The summed E-state index contributed by atoms with van der Waals surface area (Å²) in [6.07, 6.45) is 1.91. The first-order valence-electron chi connectivity index (χ1n) is 9.27. The lowest BCUT2D eigenvalue weighted by molar-refractivity contribution is -0.124. The highest BCUT2D eigenvalue weighted by molar-refractivity contribution is 6.01. The van der Waals surface area contributed by atoms with E-state index in [1.807, 2.05) is 62.4 Å². The van der Waals surface area contributed by atoms with Crippen LogP contribution in [0.1, 0.15) is 49.3 Å². The highest BCUT2D eigenvalue weighted by Gasteiger charge is 2.09. The largest absolute Gasteiger partial charge is 0.326 e. The molecule has 0 unspecified atom stereocenters. The predicted octanol–water partition coefficient (Wildman–Crippen LogP) is 4.34. The molecule has 0 saturated carbocycles. The van der Waals surface area contributed by atoms with Gasteiger partial charge in [-0.05, 0) is 37.5 Å². The molecule has 0 spiro atoms. The SMILES string of the molecule is CCC/C(=N/NC(=O)CCC(=O)Nc1ccc(C)cc1C)c1ccccc1. The Hall–Kier alpha value is -2.95.